The molecule has 0 bridgehead atoms. The average molecular weight is 443 g/mol. The maximum atomic E-state index is 11.8. The zero-order valence-corrected chi connectivity index (χ0v) is 17.7. The monoisotopic (exact) mass is 443 g/mol. The zero-order chi connectivity index (χ0) is 16.0. The first kappa shape index (κ1) is 21.8. The molecule has 0 radical (unpaired) electrons. The molecule has 1 fully saturated rings. The lowest BCUT2D eigenvalue weighted by molar-refractivity contribution is -0.153. The van der Waals surface area contributed by atoms with E-state index in [2.05, 4.69) is 29.1 Å². The summed E-state index contributed by atoms with van der Waals surface area (Å²) >= 11 is 2.02. The molecule has 0 aromatic heterocycles. The first-order valence-corrected chi connectivity index (χ1v) is 8.57. The van der Waals surface area contributed by atoms with E-state index in [9.17, 15) is 4.79 Å². The van der Waals surface area contributed by atoms with Gasteiger partial charge in [-0.1, -0.05) is 13.8 Å². The Morgan fingerprint density at radius 2 is 2.09 bits per heavy atom. The van der Waals surface area contributed by atoms with Crippen LogP contribution in [-0.4, -0.2) is 60.1 Å². The molecule has 0 aliphatic carbocycles. The van der Waals surface area contributed by atoms with Crippen LogP contribution in [0.15, 0.2) is 4.99 Å². The van der Waals surface area contributed by atoms with Crippen molar-refractivity contribution < 1.29 is 9.53 Å². The number of hydrogen-bond acceptors (Lipinski definition) is 4. The van der Waals surface area contributed by atoms with Gasteiger partial charge < -0.3 is 15.0 Å². The van der Waals surface area contributed by atoms with E-state index in [1.165, 1.54) is 0 Å². The smallest absolute Gasteiger partial charge is 0.325 e. The van der Waals surface area contributed by atoms with Crippen molar-refractivity contribution in [3.05, 3.63) is 0 Å². The summed E-state index contributed by atoms with van der Waals surface area (Å²) in [5.74, 6) is 2.26. The summed E-state index contributed by atoms with van der Waals surface area (Å²) in [6.45, 7) is 12.2. The molecule has 0 aromatic carbocycles. The fraction of sp³-hybridized carbons (Fsp3) is 0.867. The molecule has 1 N–H and O–H groups in total. The molecule has 1 heterocycles. The van der Waals surface area contributed by atoms with Gasteiger partial charge in [0.15, 0.2) is 5.96 Å². The number of guanidine groups is 1. The highest BCUT2D eigenvalue weighted by molar-refractivity contribution is 14.0. The number of carbonyl (C=O) groups excluding carboxylic acids is 1. The first-order chi connectivity index (χ1) is 9.73. The number of nitrogens with one attached hydrogen (secondary N) is 1. The summed E-state index contributed by atoms with van der Waals surface area (Å²) in [5.41, 5.74) is -0.452. The number of thioether (sulfide) groups is 1. The molecule has 0 saturated carbocycles. The number of halogens is 1. The van der Waals surface area contributed by atoms with Crippen LogP contribution in [0.1, 0.15) is 34.6 Å². The molecule has 130 valence electrons. The van der Waals surface area contributed by atoms with Crippen molar-refractivity contribution in [1.82, 2.24) is 10.2 Å². The third-order valence-electron chi connectivity index (χ3n) is 3.16. The van der Waals surface area contributed by atoms with Gasteiger partial charge in [-0.05, 0) is 26.7 Å². The van der Waals surface area contributed by atoms with Crippen LogP contribution in [0, 0.1) is 5.92 Å². The Kier molecular flexibility index (Phi) is 9.77. The largest absolute Gasteiger partial charge is 0.459 e. The molecule has 0 aromatic rings. The number of aliphatic imine (C=N–C) groups is 1. The molecule has 0 spiro atoms. The van der Waals surface area contributed by atoms with Gasteiger partial charge in [0.1, 0.15) is 12.1 Å². The molecule has 22 heavy (non-hydrogen) atoms. The van der Waals surface area contributed by atoms with Crippen LogP contribution in [0.25, 0.3) is 0 Å². The number of carbonyl (C=O) groups is 1. The van der Waals surface area contributed by atoms with Crippen LogP contribution in [0.2, 0.25) is 0 Å². The van der Waals surface area contributed by atoms with Gasteiger partial charge in [0, 0.05) is 31.1 Å². The number of ether oxygens (including phenoxy) is 1. The molecule has 5 nitrogen and oxygen atoms in total. The Balaban J connectivity index is 0.00000441. The Hall–Kier alpha value is -0.180. The molecular weight excluding hydrogens is 413 g/mol. The van der Waals surface area contributed by atoms with Gasteiger partial charge >= 0.3 is 5.97 Å². The van der Waals surface area contributed by atoms with Gasteiger partial charge in [0.05, 0.1) is 0 Å². The van der Waals surface area contributed by atoms with Gasteiger partial charge in [-0.25, -0.2) is 0 Å². The van der Waals surface area contributed by atoms with E-state index in [0.717, 1.165) is 24.8 Å². The third kappa shape index (κ3) is 7.89. The van der Waals surface area contributed by atoms with Gasteiger partial charge in [-0.15, -0.1) is 24.0 Å². The molecule has 1 aliphatic rings. The summed E-state index contributed by atoms with van der Waals surface area (Å²) in [4.78, 5) is 18.3. The maximum absolute atomic E-state index is 11.8. The molecule has 0 amide bonds. The molecule has 1 atom stereocenters. The van der Waals surface area contributed by atoms with Crippen LogP contribution in [0.3, 0.4) is 0 Å². The summed E-state index contributed by atoms with van der Waals surface area (Å²) in [6, 6.07) is 0. The lowest BCUT2D eigenvalue weighted by atomic mass is 10.1. The van der Waals surface area contributed by atoms with Crippen molar-refractivity contribution in [3.63, 3.8) is 0 Å². The highest BCUT2D eigenvalue weighted by Crippen LogP contribution is 2.24. The van der Waals surface area contributed by atoms with Crippen molar-refractivity contribution >= 4 is 47.7 Å². The average Bonchev–Trinajstić information content (AvgIpc) is 2.37. The zero-order valence-electron chi connectivity index (χ0n) is 14.5. The van der Waals surface area contributed by atoms with Crippen LogP contribution in [-0.2, 0) is 9.53 Å². The van der Waals surface area contributed by atoms with Crippen molar-refractivity contribution in [1.29, 1.82) is 0 Å². The number of esters is 1. The van der Waals surface area contributed by atoms with E-state index in [-0.39, 0.29) is 36.5 Å². The van der Waals surface area contributed by atoms with E-state index >= 15 is 0 Å². The van der Waals surface area contributed by atoms with E-state index in [1.54, 1.807) is 7.05 Å². The Bertz CT molecular complexity index is 383. The quantitative estimate of drug-likeness (QED) is 0.315. The fourth-order valence-corrected chi connectivity index (χ4v) is 3.43. The number of nitrogens with zero attached hydrogens (tertiary/aromatic N) is 2. The lowest BCUT2D eigenvalue weighted by Gasteiger charge is -2.36. The Morgan fingerprint density at radius 3 is 2.59 bits per heavy atom. The van der Waals surface area contributed by atoms with Crippen LogP contribution >= 0.6 is 35.7 Å². The summed E-state index contributed by atoms with van der Waals surface area (Å²) in [6.07, 6.45) is 0. The Morgan fingerprint density at radius 1 is 1.45 bits per heavy atom. The SMILES string of the molecule is CN=C(NCC(=O)OC(C)(C)C)N1CCSC(C(C)C)C1.I. The standard InChI is InChI=1S/C15H29N3O2S.HI/c1-11(2)12-10-18(7-8-21-12)14(16-6)17-9-13(19)20-15(3,4)5;/h11-12H,7-10H2,1-6H3,(H,16,17);1H. The first-order valence-electron chi connectivity index (χ1n) is 7.52. The van der Waals surface area contributed by atoms with Crippen molar-refractivity contribution in [2.75, 3.05) is 32.4 Å². The van der Waals surface area contributed by atoms with Crippen LogP contribution < -0.4 is 5.32 Å². The third-order valence-corrected chi connectivity index (χ3v) is 4.70. The van der Waals surface area contributed by atoms with Crippen molar-refractivity contribution in [3.8, 4) is 0 Å². The minimum absolute atomic E-state index is 0. The summed E-state index contributed by atoms with van der Waals surface area (Å²) in [7, 11) is 1.75. The molecule has 1 unspecified atom stereocenters. The van der Waals surface area contributed by atoms with Crippen LogP contribution in [0.4, 0.5) is 0 Å². The summed E-state index contributed by atoms with van der Waals surface area (Å²) < 4.78 is 5.30. The van der Waals surface area contributed by atoms with Gasteiger partial charge in [-0.2, -0.15) is 11.8 Å². The fourth-order valence-electron chi connectivity index (χ4n) is 2.13. The summed E-state index contributed by atoms with van der Waals surface area (Å²) in [5, 5.41) is 3.72. The second kappa shape index (κ2) is 9.85. The highest BCUT2D eigenvalue weighted by atomic mass is 127. The number of rotatable bonds is 3. The second-order valence-electron chi connectivity index (χ2n) is 6.59. The predicted molar refractivity (Wildman–Crippen MR) is 105 cm³/mol. The molecular formula is C15H30IN3O2S. The lowest BCUT2D eigenvalue weighted by Crippen LogP contribution is -2.50. The van der Waals surface area contributed by atoms with E-state index in [1.807, 2.05) is 32.5 Å². The van der Waals surface area contributed by atoms with Gasteiger partial charge in [0.2, 0.25) is 0 Å². The molecule has 1 aliphatic heterocycles. The van der Waals surface area contributed by atoms with Crippen molar-refractivity contribution in [2.45, 2.75) is 45.5 Å². The van der Waals surface area contributed by atoms with Gasteiger partial charge in [0.25, 0.3) is 0 Å². The molecule has 1 saturated heterocycles. The minimum Gasteiger partial charge on any atom is -0.459 e. The minimum atomic E-state index is -0.452. The number of hydrogen-bond donors (Lipinski definition) is 1. The van der Waals surface area contributed by atoms with E-state index in [0.29, 0.717) is 11.2 Å². The maximum Gasteiger partial charge on any atom is 0.325 e. The predicted octanol–water partition coefficient (Wildman–Crippen LogP) is 2.59. The van der Waals surface area contributed by atoms with E-state index in [4.69, 9.17) is 4.74 Å². The molecule has 1 rings (SSSR count). The molecule has 7 heteroatoms. The normalized spacial score (nSPS) is 19.7. The highest BCUT2D eigenvalue weighted by Gasteiger charge is 2.25. The van der Waals surface area contributed by atoms with Crippen molar-refractivity contribution in [2.24, 2.45) is 10.9 Å². The second-order valence-corrected chi connectivity index (χ2v) is 7.93. The Labute approximate surface area is 156 Å². The topological polar surface area (TPSA) is 53.9 Å². The van der Waals surface area contributed by atoms with E-state index < -0.39 is 5.60 Å². The van der Waals surface area contributed by atoms with Gasteiger partial charge in [-0.3, -0.25) is 9.79 Å². The van der Waals surface area contributed by atoms with Crippen LogP contribution in [0.5, 0.6) is 0 Å².